The number of hydrogen-bond donors (Lipinski definition) is 0. The summed E-state index contributed by atoms with van der Waals surface area (Å²) in [6.07, 6.45) is -5.96. The molecule has 0 aliphatic carbocycles. The quantitative estimate of drug-likeness (QED) is 0.466. The largest absolute Gasteiger partial charge is 0.424 e. The Kier molecular flexibility index (Phi) is 6.26. The van der Waals surface area contributed by atoms with E-state index in [1.807, 2.05) is 0 Å². The summed E-state index contributed by atoms with van der Waals surface area (Å²) in [5.41, 5.74) is 0. The van der Waals surface area contributed by atoms with Crippen LogP contribution in [0.2, 0.25) is 0 Å². The molecule has 0 heterocycles. The topological polar surface area (TPSA) is 26.3 Å². The second kappa shape index (κ2) is 6.67. The molecule has 0 bridgehead atoms. The van der Waals surface area contributed by atoms with Crippen LogP contribution in [0.5, 0.6) is 0 Å². The predicted molar refractivity (Wildman–Crippen MR) is 47.8 cm³/mol. The Balaban J connectivity index is 6.67. The molecule has 0 saturated heterocycles. The fourth-order valence-corrected chi connectivity index (χ4v) is 1.31. The molecule has 0 fully saturated rings. The Hall–Kier alpha value is -1.72. The van der Waals surface area contributed by atoms with Crippen molar-refractivity contribution in [1.82, 2.24) is 0 Å². The second-order valence-corrected chi connectivity index (χ2v) is 4.73. The maximum atomic E-state index is 13.0. The SMILES string of the molecule is O=C(OF)C(F)(F)C(F)(F)C(F)(F)C(F)(F)C(F)(F)C(F)(F)C(F)(F)C(F)F. The normalized spacial score (nSPS) is 15.8. The molecular formula is C9HF17O2. The molecule has 0 saturated carbocycles. The second-order valence-electron chi connectivity index (χ2n) is 4.73. The molecule has 168 valence electrons. The monoisotopic (exact) mass is 464 g/mol. The van der Waals surface area contributed by atoms with Crippen LogP contribution in [0.25, 0.3) is 0 Å². The number of carbonyl (C=O) groups excluding carboxylic acids is 1. The van der Waals surface area contributed by atoms with Gasteiger partial charge in [0.25, 0.3) is 0 Å². The van der Waals surface area contributed by atoms with Gasteiger partial charge in [-0.2, -0.15) is 61.5 Å². The van der Waals surface area contributed by atoms with Crippen LogP contribution in [-0.2, 0) is 9.74 Å². The molecule has 0 atom stereocenters. The van der Waals surface area contributed by atoms with Crippen LogP contribution in [0.15, 0.2) is 0 Å². The van der Waals surface area contributed by atoms with Crippen molar-refractivity contribution in [1.29, 1.82) is 0 Å². The zero-order valence-electron chi connectivity index (χ0n) is 11.8. The highest BCUT2D eigenvalue weighted by Crippen LogP contribution is 2.62. The first-order chi connectivity index (χ1) is 11.9. The van der Waals surface area contributed by atoms with E-state index < -0.39 is 53.9 Å². The molecule has 0 aromatic heterocycles. The third kappa shape index (κ3) is 3.00. The van der Waals surface area contributed by atoms with Crippen molar-refractivity contribution in [3.63, 3.8) is 0 Å². The van der Waals surface area contributed by atoms with E-state index in [0.29, 0.717) is 0 Å². The molecule has 28 heavy (non-hydrogen) atoms. The van der Waals surface area contributed by atoms with E-state index in [1.54, 1.807) is 0 Å². The highest BCUT2D eigenvalue weighted by atomic mass is 19.4. The molecule has 0 amide bonds. The maximum absolute atomic E-state index is 13.0. The van der Waals surface area contributed by atoms with E-state index in [4.69, 9.17) is 0 Å². The maximum Gasteiger partial charge on any atom is 0.424 e. The van der Waals surface area contributed by atoms with Gasteiger partial charge in [0.05, 0.1) is 0 Å². The number of carbonyl (C=O) groups is 1. The van der Waals surface area contributed by atoms with Gasteiger partial charge >= 0.3 is 53.9 Å². The average molecular weight is 464 g/mol. The fourth-order valence-electron chi connectivity index (χ4n) is 1.31. The van der Waals surface area contributed by atoms with Gasteiger partial charge in [-0.05, 0) is 0 Å². The molecule has 19 heteroatoms. The van der Waals surface area contributed by atoms with Gasteiger partial charge in [-0.3, -0.25) is 0 Å². The van der Waals surface area contributed by atoms with Crippen LogP contribution < -0.4 is 0 Å². The van der Waals surface area contributed by atoms with Crippen LogP contribution in [0.1, 0.15) is 0 Å². The van der Waals surface area contributed by atoms with Gasteiger partial charge in [0.1, 0.15) is 0 Å². The first-order valence-corrected chi connectivity index (χ1v) is 5.68. The van der Waals surface area contributed by atoms with Crippen molar-refractivity contribution < 1.29 is 84.5 Å². The van der Waals surface area contributed by atoms with Gasteiger partial charge in [0.2, 0.25) is 0 Å². The summed E-state index contributed by atoms with van der Waals surface area (Å²) in [5.74, 6) is -61.6. The molecule has 0 unspecified atom stereocenters. The molecule has 0 aromatic carbocycles. The minimum atomic E-state index is -8.65. The van der Waals surface area contributed by atoms with Crippen LogP contribution in [0, 0.1) is 0 Å². The minimum Gasteiger partial charge on any atom is -0.248 e. The molecule has 0 spiro atoms. The summed E-state index contributed by atoms with van der Waals surface area (Å²) >= 11 is 0. The highest BCUT2D eigenvalue weighted by molar-refractivity contribution is 5.78. The lowest BCUT2D eigenvalue weighted by Crippen LogP contribution is -2.74. The minimum absolute atomic E-state index is 1.35. The van der Waals surface area contributed by atoms with Crippen LogP contribution >= 0.6 is 0 Å². The lowest BCUT2D eigenvalue weighted by Gasteiger charge is -2.41. The first-order valence-electron chi connectivity index (χ1n) is 5.68. The lowest BCUT2D eigenvalue weighted by atomic mass is 9.89. The lowest BCUT2D eigenvalue weighted by molar-refractivity contribution is -0.445. The van der Waals surface area contributed by atoms with E-state index in [-0.39, 0.29) is 0 Å². The third-order valence-electron chi connectivity index (χ3n) is 2.99. The van der Waals surface area contributed by atoms with Gasteiger partial charge < -0.3 is 0 Å². The highest BCUT2D eigenvalue weighted by Gasteiger charge is 2.94. The zero-order chi connectivity index (χ0) is 23.4. The standard InChI is InChI=1S/C9HF17O2/c10-1(11)3(12,13)5(16,17)7(20,21)9(24,25)8(22,23)6(18,19)4(14,15)2(27)28-26/h1H. The van der Waals surface area contributed by atoms with Gasteiger partial charge in [0, 0.05) is 4.53 Å². The summed E-state index contributed by atoms with van der Waals surface area (Å²) < 4.78 is 214. The van der Waals surface area contributed by atoms with Crippen LogP contribution in [-0.4, -0.2) is 53.9 Å². The van der Waals surface area contributed by atoms with Gasteiger partial charge in [-0.15, -0.1) is 0 Å². The summed E-state index contributed by atoms with van der Waals surface area (Å²) in [4.78, 5) is 11.3. The Morgan fingerprint density at radius 1 is 0.571 bits per heavy atom. The molecule has 0 radical (unpaired) electrons. The van der Waals surface area contributed by atoms with Crippen LogP contribution in [0.4, 0.5) is 74.8 Å². The molecular weight excluding hydrogens is 463 g/mol. The zero-order valence-corrected chi connectivity index (χ0v) is 11.8. The van der Waals surface area contributed by atoms with Crippen LogP contribution in [0.3, 0.4) is 0 Å². The summed E-state index contributed by atoms with van der Waals surface area (Å²) in [5, 5.41) is 0. The number of alkyl halides is 16. The Morgan fingerprint density at radius 3 is 1.14 bits per heavy atom. The number of rotatable bonds is 8. The van der Waals surface area contributed by atoms with E-state index >= 15 is 0 Å². The van der Waals surface area contributed by atoms with Gasteiger partial charge in [-0.1, -0.05) is 0 Å². The molecule has 0 aliphatic heterocycles. The van der Waals surface area contributed by atoms with Gasteiger partial charge in [0.15, 0.2) is 0 Å². The first kappa shape index (κ1) is 26.3. The average Bonchev–Trinajstić information content (AvgIpc) is 2.52. The third-order valence-corrected chi connectivity index (χ3v) is 2.99. The smallest absolute Gasteiger partial charge is 0.248 e. The Bertz CT molecular complexity index is 593. The van der Waals surface area contributed by atoms with Crippen molar-refractivity contribution in [3.8, 4) is 0 Å². The van der Waals surface area contributed by atoms with E-state index in [2.05, 4.69) is 0 Å². The Morgan fingerprint density at radius 2 is 0.857 bits per heavy atom. The molecule has 0 rings (SSSR count). The fraction of sp³-hybridized carbons (Fsp3) is 0.889. The Labute approximate surface area is 140 Å². The van der Waals surface area contributed by atoms with Crippen molar-refractivity contribution >= 4 is 5.97 Å². The number of halogens is 17. The van der Waals surface area contributed by atoms with Crippen molar-refractivity contribution in [2.45, 2.75) is 47.9 Å². The molecule has 0 aromatic rings. The van der Waals surface area contributed by atoms with Crippen molar-refractivity contribution in [2.24, 2.45) is 0 Å². The van der Waals surface area contributed by atoms with E-state index in [1.165, 1.54) is 4.94 Å². The number of hydrogen-bond acceptors (Lipinski definition) is 2. The summed E-state index contributed by atoms with van der Waals surface area (Å²) in [6, 6.07) is 0. The van der Waals surface area contributed by atoms with E-state index in [0.717, 1.165) is 0 Å². The van der Waals surface area contributed by atoms with Gasteiger partial charge in [-0.25, -0.2) is 18.5 Å². The molecule has 2 nitrogen and oxygen atoms in total. The van der Waals surface area contributed by atoms with Crippen molar-refractivity contribution in [2.75, 3.05) is 0 Å². The summed E-state index contributed by atoms with van der Waals surface area (Å²) in [6.45, 7) is 0. The molecule has 0 N–H and O–H groups in total. The van der Waals surface area contributed by atoms with E-state index in [9.17, 15) is 79.6 Å². The summed E-state index contributed by atoms with van der Waals surface area (Å²) in [7, 11) is 0. The van der Waals surface area contributed by atoms with Crippen molar-refractivity contribution in [3.05, 3.63) is 0 Å². The predicted octanol–water partition coefficient (Wildman–Crippen LogP) is 5.13. The molecule has 0 aliphatic rings.